The van der Waals surface area contributed by atoms with Crippen molar-refractivity contribution >= 4 is 11.6 Å². The van der Waals surface area contributed by atoms with E-state index >= 15 is 0 Å². The van der Waals surface area contributed by atoms with E-state index in [1.165, 1.54) is 18.2 Å². The lowest BCUT2D eigenvalue weighted by Crippen LogP contribution is -2.15. The summed E-state index contributed by atoms with van der Waals surface area (Å²) in [5, 5.41) is 0.0759. The van der Waals surface area contributed by atoms with Crippen LogP contribution >= 0.6 is 11.6 Å². The Labute approximate surface area is 116 Å². The zero-order chi connectivity index (χ0) is 14.0. The molecule has 0 fully saturated rings. The van der Waals surface area contributed by atoms with Gasteiger partial charge in [0.2, 0.25) is 0 Å². The average Bonchev–Trinajstić information content (AvgIpc) is 2.38. The molecule has 1 atom stereocenters. The van der Waals surface area contributed by atoms with Gasteiger partial charge in [0, 0.05) is 6.04 Å². The molecule has 1 unspecified atom stereocenters. The van der Waals surface area contributed by atoms with Gasteiger partial charge in [0.25, 0.3) is 0 Å². The van der Waals surface area contributed by atoms with Crippen molar-refractivity contribution in [3.05, 3.63) is 69.7 Å². The van der Waals surface area contributed by atoms with Crippen LogP contribution < -0.4 is 5.73 Å². The Kier molecular flexibility index (Phi) is 4.17. The Bertz CT molecular complexity index is 599. The smallest absolute Gasteiger partial charge is 0.142 e. The molecule has 0 radical (unpaired) electrons. The summed E-state index contributed by atoms with van der Waals surface area (Å²) in [6, 6.07) is 8.66. The number of halogens is 3. The number of hydrogen-bond acceptors (Lipinski definition) is 1. The van der Waals surface area contributed by atoms with Gasteiger partial charge in [-0.25, -0.2) is 8.78 Å². The van der Waals surface area contributed by atoms with E-state index in [1.807, 2.05) is 6.92 Å². The molecule has 0 saturated heterocycles. The standard InChI is InChI=1S/C15H14ClF2N/c1-9-5-6-11(17)8-12(9)14(19)7-10-3-2-4-13(18)15(10)16/h2-6,8,14H,7,19H2,1H3. The monoisotopic (exact) mass is 281 g/mol. The molecule has 2 aromatic rings. The minimum absolute atomic E-state index is 0.0759. The molecule has 0 spiro atoms. The van der Waals surface area contributed by atoms with Crippen LogP contribution in [0.15, 0.2) is 36.4 Å². The number of hydrogen-bond donors (Lipinski definition) is 1. The summed E-state index contributed by atoms with van der Waals surface area (Å²) in [6.07, 6.45) is 0.362. The van der Waals surface area contributed by atoms with E-state index in [1.54, 1.807) is 18.2 Å². The van der Waals surface area contributed by atoms with E-state index in [0.29, 0.717) is 17.5 Å². The second-order valence-corrected chi connectivity index (χ2v) is 4.90. The molecule has 2 aromatic carbocycles. The summed E-state index contributed by atoms with van der Waals surface area (Å²) in [5.41, 5.74) is 8.30. The fourth-order valence-corrected chi connectivity index (χ4v) is 2.27. The molecular formula is C15H14ClF2N. The maximum Gasteiger partial charge on any atom is 0.142 e. The van der Waals surface area contributed by atoms with Crippen molar-refractivity contribution in [2.45, 2.75) is 19.4 Å². The fourth-order valence-electron chi connectivity index (χ4n) is 2.06. The first kappa shape index (κ1) is 14.0. The van der Waals surface area contributed by atoms with Crippen molar-refractivity contribution in [1.29, 1.82) is 0 Å². The third-order valence-corrected chi connectivity index (χ3v) is 3.54. The van der Waals surface area contributed by atoms with E-state index in [-0.39, 0.29) is 10.8 Å². The second-order valence-electron chi connectivity index (χ2n) is 4.52. The van der Waals surface area contributed by atoms with Crippen molar-refractivity contribution in [3.8, 4) is 0 Å². The third-order valence-electron chi connectivity index (χ3n) is 3.11. The highest BCUT2D eigenvalue weighted by atomic mass is 35.5. The minimum Gasteiger partial charge on any atom is -0.324 e. The van der Waals surface area contributed by atoms with Crippen LogP contribution in [0.5, 0.6) is 0 Å². The quantitative estimate of drug-likeness (QED) is 0.898. The van der Waals surface area contributed by atoms with Gasteiger partial charge in [0.05, 0.1) is 5.02 Å². The molecule has 0 saturated carbocycles. The lowest BCUT2D eigenvalue weighted by molar-refractivity contribution is 0.613. The first-order valence-electron chi connectivity index (χ1n) is 5.93. The first-order valence-corrected chi connectivity index (χ1v) is 6.31. The van der Waals surface area contributed by atoms with Crippen molar-refractivity contribution in [1.82, 2.24) is 0 Å². The molecule has 2 rings (SSSR count). The van der Waals surface area contributed by atoms with E-state index in [0.717, 1.165) is 5.56 Å². The highest BCUT2D eigenvalue weighted by Crippen LogP contribution is 2.26. The molecule has 2 N–H and O–H groups in total. The zero-order valence-corrected chi connectivity index (χ0v) is 11.2. The normalized spacial score (nSPS) is 12.5. The lowest BCUT2D eigenvalue weighted by Gasteiger charge is -2.16. The van der Waals surface area contributed by atoms with Gasteiger partial charge < -0.3 is 5.73 Å². The van der Waals surface area contributed by atoms with Crippen LogP contribution in [-0.4, -0.2) is 0 Å². The van der Waals surface area contributed by atoms with Crippen molar-refractivity contribution in [2.75, 3.05) is 0 Å². The predicted molar refractivity (Wildman–Crippen MR) is 73.2 cm³/mol. The molecular weight excluding hydrogens is 268 g/mol. The van der Waals surface area contributed by atoms with Crippen molar-refractivity contribution in [2.24, 2.45) is 5.73 Å². The highest BCUT2D eigenvalue weighted by Gasteiger charge is 2.14. The van der Waals surface area contributed by atoms with Crippen LogP contribution in [0.2, 0.25) is 5.02 Å². The van der Waals surface area contributed by atoms with E-state index < -0.39 is 11.9 Å². The van der Waals surface area contributed by atoms with Gasteiger partial charge in [-0.2, -0.15) is 0 Å². The maximum atomic E-state index is 13.3. The van der Waals surface area contributed by atoms with E-state index in [4.69, 9.17) is 17.3 Å². The Morgan fingerprint density at radius 2 is 1.95 bits per heavy atom. The molecule has 19 heavy (non-hydrogen) atoms. The number of benzene rings is 2. The van der Waals surface area contributed by atoms with E-state index in [2.05, 4.69) is 0 Å². The average molecular weight is 282 g/mol. The molecule has 0 heterocycles. The number of aryl methyl sites for hydroxylation is 1. The summed E-state index contributed by atoms with van der Waals surface area (Å²) in [5.74, 6) is -0.802. The van der Waals surface area contributed by atoms with Gasteiger partial charge in [0.1, 0.15) is 11.6 Å². The molecule has 0 amide bonds. The SMILES string of the molecule is Cc1ccc(F)cc1C(N)Cc1cccc(F)c1Cl. The molecule has 0 aliphatic carbocycles. The summed E-state index contributed by atoms with van der Waals surface area (Å²) >= 11 is 5.89. The Morgan fingerprint density at radius 3 is 2.68 bits per heavy atom. The zero-order valence-electron chi connectivity index (χ0n) is 10.5. The third kappa shape index (κ3) is 3.11. The lowest BCUT2D eigenvalue weighted by atomic mass is 9.96. The highest BCUT2D eigenvalue weighted by molar-refractivity contribution is 6.31. The molecule has 4 heteroatoms. The summed E-state index contributed by atoms with van der Waals surface area (Å²) in [6.45, 7) is 1.86. The maximum absolute atomic E-state index is 13.3. The fraction of sp³-hybridized carbons (Fsp3) is 0.200. The topological polar surface area (TPSA) is 26.0 Å². The van der Waals surface area contributed by atoms with Gasteiger partial charge in [0.15, 0.2) is 0 Å². The summed E-state index contributed by atoms with van der Waals surface area (Å²) in [7, 11) is 0. The Balaban J connectivity index is 2.28. The van der Waals surface area contributed by atoms with Gasteiger partial charge >= 0.3 is 0 Å². The Morgan fingerprint density at radius 1 is 1.21 bits per heavy atom. The molecule has 1 nitrogen and oxygen atoms in total. The molecule has 100 valence electrons. The molecule has 0 aromatic heterocycles. The van der Waals surface area contributed by atoms with Gasteiger partial charge in [-0.3, -0.25) is 0 Å². The van der Waals surface area contributed by atoms with Crippen LogP contribution in [0.3, 0.4) is 0 Å². The first-order chi connectivity index (χ1) is 8.99. The summed E-state index contributed by atoms with van der Waals surface area (Å²) < 4.78 is 26.6. The van der Waals surface area contributed by atoms with Gasteiger partial charge in [-0.05, 0) is 48.2 Å². The van der Waals surface area contributed by atoms with E-state index in [9.17, 15) is 8.78 Å². The van der Waals surface area contributed by atoms with Crippen LogP contribution in [0.1, 0.15) is 22.7 Å². The van der Waals surface area contributed by atoms with Crippen molar-refractivity contribution < 1.29 is 8.78 Å². The largest absolute Gasteiger partial charge is 0.324 e. The van der Waals surface area contributed by atoms with Crippen LogP contribution in [-0.2, 0) is 6.42 Å². The van der Waals surface area contributed by atoms with Crippen LogP contribution in [0.4, 0.5) is 8.78 Å². The van der Waals surface area contributed by atoms with Crippen molar-refractivity contribution in [3.63, 3.8) is 0 Å². The van der Waals surface area contributed by atoms with Gasteiger partial charge in [-0.15, -0.1) is 0 Å². The predicted octanol–water partition coefficient (Wildman–Crippen LogP) is 4.17. The van der Waals surface area contributed by atoms with Crippen LogP contribution in [0, 0.1) is 18.6 Å². The second kappa shape index (κ2) is 5.68. The minimum atomic E-state index is -0.470. The Hall–Kier alpha value is -1.45. The number of rotatable bonds is 3. The summed E-state index contributed by atoms with van der Waals surface area (Å²) in [4.78, 5) is 0. The molecule has 0 aliphatic heterocycles. The van der Waals surface area contributed by atoms with Gasteiger partial charge in [-0.1, -0.05) is 29.8 Å². The van der Waals surface area contributed by atoms with Crippen LogP contribution in [0.25, 0.3) is 0 Å². The molecule has 0 bridgehead atoms. The number of nitrogens with two attached hydrogens (primary N) is 1. The molecule has 0 aliphatic rings.